The van der Waals surface area contributed by atoms with Gasteiger partial charge in [-0.05, 0) is 25.2 Å². The van der Waals surface area contributed by atoms with Crippen molar-refractivity contribution in [2.45, 2.75) is 329 Å². The highest BCUT2D eigenvalue weighted by atomic mass is 16.6. The van der Waals surface area contributed by atoms with E-state index in [0.29, 0.717) is 19.3 Å². The Balaban J connectivity index is 4.24. The topological polar surface area (TPSA) is 78.9 Å². The van der Waals surface area contributed by atoms with Crippen LogP contribution in [-0.4, -0.2) is 37.2 Å². The quantitative estimate of drug-likeness (QED) is 0.0344. The summed E-state index contributed by atoms with van der Waals surface area (Å²) in [5.74, 6) is 0.0135. The standard InChI is InChI=1S/C57H110O6/c1-5-7-9-11-13-15-17-18-19-23-26-29-33-37-41-45-49-56(59)62-52-54(51-61-55(58)48-44-40-36-32-16-14-12-10-8-6-2)63-57(60)50-46-42-38-34-30-27-24-21-20-22-25-28-31-35-39-43-47-53(3)4/h53-54H,5-52H2,1-4H3/t54-/m0/s1. The second-order valence-electron chi connectivity index (χ2n) is 20.1. The van der Waals surface area contributed by atoms with Crippen molar-refractivity contribution < 1.29 is 28.6 Å². The molecule has 0 amide bonds. The van der Waals surface area contributed by atoms with Gasteiger partial charge in [-0.1, -0.05) is 285 Å². The third-order valence-electron chi connectivity index (χ3n) is 13.0. The van der Waals surface area contributed by atoms with Crippen LogP contribution in [0.3, 0.4) is 0 Å². The van der Waals surface area contributed by atoms with Gasteiger partial charge in [-0.3, -0.25) is 14.4 Å². The lowest BCUT2D eigenvalue weighted by Crippen LogP contribution is -2.30. The average molecular weight is 892 g/mol. The second kappa shape index (κ2) is 51.4. The van der Waals surface area contributed by atoms with E-state index in [1.807, 2.05) is 0 Å². The summed E-state index contributed by atoms with van der Waals surface area (Å²) in [5, 5.41) is 0. The second-order valence-corrected chi connectivity index (χ2v) is 20.1. The zero-order chi connectivity index (χ0) is 45.9. The van der Waals surface area contributed by atoms with Crippen LogP contribution in [0.25, 0.3) is 0 Å². The molecule has 0 aromatic carbocycles. The molecule has 0 aliphatic carbocycles. The molecule has 0 unspecified atom stereocenters. The Bertz CT molecular complexity index is 949. The molecule has 0 aliphatic heterocycles. The third-order valence-corrected chi connectivity index (χ3v) is 13.0. The van der Waals surface area contributed by atoms with Crippen molar-refractivity contribution in [1.29, 1.82) is 0 Å². The van der Waals surface area contributed by atoms with Gasteiger partial charge < -0.3 is 14.2 Å². The molecular weight excluding hydrogens is 781 g/mol. The Morgan fingerprint density at radius 3 is 0.778 bits per heavy atom. The summed E-state index contributed by atoms with van der Waals surface area (Å²) in [4.78, 5) is 38.0. The van der Waals surface area contributed by atoms with E-state index in [0.717, 1.165) is 63.7 Å². The first-order chi connectivity index (χ1) is 30.9. The van der Waals surface area contributed by atoms with E-state index in [9.17, 15) is 14.4 Å². The molecule has 0 heterocycles. The monoisotopic (exact) mass is 891 g/mol. The predicted octanol–water partition coefficient (Wildman–Crippen LogP) is 18.6. The van der Waals surface area contributed by atoms with Crippen molar-refractivity contribution in [3.05, 3.63) is 0 Å². The summed E-state index contributed by atoms with van der Waals surface area (Å²) in [5.41, 5.74) is 0. The fraction of sp³-hybridized carbons (Fsp3) is 0.947. The van der Waals surface area contributed by atoms with Crippen LogP contribution in [0.4, 0.5) is 0 Å². The zero-order valence-electron chi connectivity index (χ0n) is 43.0. The Hall–Kier alpha value is -1.59. The SMILES string of the molecule is CCCCCCCCCCCCCCCCCCC(=O)OC[C@H](COC(=O)CCCCCCCCCCCC)OC(=O)CCCCCCCCCCCCCCCCCCC(C)C. The number of carbonyl (C=O) groups is 3. The summed E-state index contributed by atoms with van der Waals surface area (Å²) in [6.07, 6.45) is 55.2. The minimum atomic E-state index is -0.761. The molecular formula is C57H110O6. The summed E-state index contributed by atoms with van der Waals surface area (Å²) in [6, 6.07) is 0. The summed E-state index contributed by atoms with van der Waals surface area (Å²) < 4.78 is 16.9. The number of rotatable bonds is 52. The third kappa shape index (κ3) is 51.3. The molecule has 0 saturated heterocycles. The smallest absolute Gasteiger partial charge is 0.306 e. The summed E-state index contributed by atoms with van der Waals surface area (Å²) in [6.45, 7) is 9.05. The van der Waals surface area contributed by atoms with Crippen molar-refractivity contribution in [3.63, 3.8) is 0 Å². The van der Waals surface area contributed by atoms with Gasteiger partial charge in [-0.15, -0.1) is 0 Å². The van der Waals surface area contributed by atoms with Crippen LogP contribution in [0, 0.1) is 5.92 Å². The minimum Gasteiger partial charge on any atom is -0.462 e. The first-order valence-corrected chi connectivity index (χ1v) is 28.4. The molecule has 0 fully saturated rings. The highest BCUT2D eigenvalue weighted by Gasteiger charge is 2.19. The molecule has 0 rings (SSSR count). The van der Waals surface area contributed by atoms with Crippen molar-refractivity contribution >= 4 is 17.9 Å². The van der Waals surface area contributed by atoms with Gasteiger partial charge in [0.25, 0.3) is 0 Å². The van der Waals surface area contributed by atoms with Gasteiger partial charge in [0, 0.05) is 19.3 Å². The number of ether oxygens (including phenoxy) is 3. The lowest BCUT2D eigenvalue weighted by Gasteiger charge is -2.18. The Morgan fingerprint density at radius 1 is 0.302 bits per heavy atom. The van der Waals surface area contributed by atoms with E-state index in [1.54, 1.807) is 0 Å². The predicted molar refractivity (Wildman–Crippen MR) is 270 cm³/mol. The fourth-order valence-corrected chi connectivity index (χ4v) is 8.75. The van der Waals surface area contributed by atoms with E-state index >= 15 is 0 Å². The van der Waals surface area contributed by atoms with Gasteiger partial charge in [0.15, 0.2) is 6.10 Å². The molecule has 0 aromatic rings. The molecule has 0 spiro atoms. The van der Waals surface area contributed by atoms with Gasteiger partial charge in [-0.2, -0.15) is 0 Å². The largest absolute Gasteiger partial charge is 0.462 e. The molecule has 0 radical (unpaired) electrons. The number of hydrogen-bond acceptors (Lipinski definition) is 6. The summed E-state index contributed by atoms with van der Waals surface area (Å²) >= 11 is 0. The molecule has 0 N–H and O–H groups in total. The zero-order valence-corrected chi connectivity index (χ0v) is 43.0. The van der Waals surface area contributed by atoms with E-state index in [2.05, 4.69) is 27.7 Å². The molecule has 0 saturated carbocycles. The van der Waals surface area contributed by atoms with E-state index in [-0.39, 0.29) is 31.1 Å². The van der Waals surface area contributed by atoms with E-state index < -0.39 is 6.10 Å². The molecule has 63 heavy (non-hydrogen) atoms. The highest BCUT2D eigenvalue weighted by Crippen LogP contribution is 2.18. The van der Waals surface area contributed by atoms with Crippen LogP contribution in [0.2, 0.25) is 0 Å². The van der Waals surface area contributed by atoms with Gasteiger partial charge >= 0.3 is 17.9 Å². The van der Waals surface area contributed by atoms with Crippen LogP contribution in [0.15, 0.2) is 0 Å². The molecule has 0 aliphatic rings. The molecule has 0 aromatic heterocycles. The van der Waals surface area contributed by atoms with Crippen LogP contribution in [0.1, 0.15) is 323 Å². The molecule has 0 bridgehead atoms. The van der Waals surface area contributed by atoms with Crippen molar-refractivity contribution in [2.24, 2.45) is 5.92 Å². The number of carbonyl (C=O) groups excluding carboxylic acids is 3. The molecule has 6 nitrogen and oxygen atoms in total. The lowest BCUT2D eigenvalue weighted by atomic mass is 10.0. The van der Waals surface area contributed by atoms with Gasteiger partial charge in [-0.25, -0.2) is 0 Å². The number of hydrogen-bond donors (Lipinski definition) is 0. The van der Waals surface area contributed by atoms with Crippen molar-refractivity contribution in [3.8, 4) is 0 Å². The Kier molecular flexibility index (Phi) is 50.1. The lowest BCUT2D eigenvalue weighted by molar-refractivity contribution is -0.167. The van der Waals surface area contributed by atoms with Crippen LogP contribution >= 0.6 is 0 Å². The fourth-order valence-electron chi connectivity index (χ4n) is 8.75. The minimum absolute atomic E-state index is 0.0620. The van der Waals surface area contributed by atoms with Crippen LogP contribution < -0.4 is 0 Å². The maximum atomic E-state index is 12.8. The normalized spacial score (nSPS) is 12.0. The average Bonchev–Trinajstić information content (AvgIpc) is 3.27. The maximum Gasteiger partial charge on any atom is 0.306 e. The first kappa shape index (κ1) is 61.4. The molecule has 6 heteroatoms. The maximum absolute atomic E-state index is 12.8. The van der Waals surface area contributed by atoms with Gasteiger partial charge in [0.05, 0.1) is 0 Å². The van der Waals surface area contributed by atoms with Gasteiger partial charge in [0.2, 0.25) is 0 Å². The van der Waals surface area contributed by atoms with Crippen molar-refractivity contribution in [1.82, 2.24) is 0 Å². The summed E-state index contributed by atoms with van der Waals surface area (Å²) in [7, 11) is 0. The molecule has 1 atom stereocenters. The highest BCUT2D eigenvalue weighted by molar-refractivity contribution is 5.71. The van der Waals surface area contributed by atoms with E-state index in [1.165, 1.54) is 218 Å². The Morgan fingerprint density at radius 2 is 0.524 bits per heavy atom. The number of unbranched alkanes of at least 4 members (excludes halogenated alkanes) is 39. The first-order valence-electron chi connectivity index (χ1n) is 28.4. The van der Waals surface area contributed by atoms with Gasteiger partial charge in [0.1, 0.15) is 13.2 Å². The van der Waals surface area contributed by atoms with Crippen LogP contribution in [-0.2, 0) is 28.6 Å². The van der Waals surface area contributed by atoms with Crippen molar-refractivity contribution in [2.75, 3.05) is 13.2 Å². The van der Waals surface area contributed by atoms with E-state index in [4.69, 9.17) is 14.2 Å². The molecule has 374 valence electrons. The number of esters is 3. The van der Waals surface area contributed by atoms with Crippen LogP contribution in [0.5, 0.6) is 0 Å². The Labute approximate surface area is 393 Å².